The van der Waals surface area contributed by atoms with E-state index >= 15 is 0 Å². The van der Waals surface area contributed by atoms with E-state index in [4.69, 9.17) is 11.6 Å². The molecular weight excluding hydrogens is 282 g/mol. The Morgan fingerprint density at radius 3 is 2.74 bits per heavy atom. The van der Waals surface area contributed by atoms with Crippen LogP contribution >= 0.6 is 11.6 Å². The molecule has 1 aromatic heterocycles. The van der Waals surface area contributed by atoms with Crippen LogP contribution in [-0.4, -0.2) is 25.8 Å². The van der Waals surface area contributed by atoms with Crippen LogP contribution in [0.2, 0.25) is 0 Å². The van der Waals surface area contributed by atoms with Gasteiger partial charge in [-0.15, -0.1) is 16.7 Å². The normalized spacial score (nSPS) is 10.7. The van der Waals surface area contributed by atoms with E-state index in [9.17, 15) is 18.9 Å². The lowest BCUT2D eigenvalue weighted by Crippen LogP contribution is -2.02. The van der Waals surface area contributed by atoms with Crippen molar-refractivity contribution in [2.24, 2.45) is 0 Å². The van der Waals surface area contributed by atoms with Gasteiger partial charge >= 0.3 is 5.69 Å². The molecule has 0 radical (unpaired) electrons. The minimum absolute atomic E-state index is 0.249. The highest BCUT2D eigenvalue weighted by atomic mass is 35.5. The van der Waals surface area contributed by atoms with Crippen LogP contribution in [0.1, 0.15) is 5.69 Å². The van der Waals surface area contributed by atoms with Gasteiger partial charge in [-0.3, -0.25) is 10.1 Å². The average molecular weight is 289 g/mol. The molecule has 9 heteroatoms. The molecule has 0 aliphatic carbocycles. The lowest BCUT2D eigenvalue weighted by molar-refractivity contribution is -0.387. The molecule has 0 amide bonds. The van der Waals surface area contributed by atoms with E-state index in [0.29, 0.717) is 24.1 Å². The number of nitro groups is 1. The molecule has 0 saturated carbocycles. The van der Waals surface area contributed by atoms with Gasteiger partial charge in [-0.25, -0.2) is 9.07 Å². The molecule has 1 heterocycles. The lowest BCUT2D eigenvalue weighted by atomic mass is 10.2. The Kier molecular flexibility index (Phi) is 3.70. The first-order valence-electron chi connectivity index (χ1n) is 5.14. The number of nitro benzene ring substituents is 1. The molecular formula is C10H7ClF2N4O2. The Morgan fingerprint density at radius 2 is 2.11 bits per heavy atom. The summed E-state index contributed by atoms with van der Waals surface area (Å²) in [6.45, 7) is 0. The van der Waals surface area contributed by atoms with Crippen molar-refractivity contribution >= 4 is 17.3 Å². The minimum atomic E-state index is -1.24. The summed E-state index contributed by atoms with van der Waals surface area (Å²) in [6.07, 6.45) is 1.80. The lowest BCUT2D eigenvalue weighted by Gasteiger charge is -2.02. The standard InChI is InChI=1S/C10H7ClF2N4O2/c11-2-1-6-5-16(15-14-6)9-4-10(17(18)19)8(13)3-7(9)12/h3-5H,1-2H2. The van der Waals surface area contributed by atoms with Crippen LogP contribution in [0.5, 0.6) is 0 Å². The molecule has 0 aliphatic rings. The summed E-state index contributed by atoms with van der Waals surface area (Å²) in [7, 11) is 0. The monoisotopic (exact) mass is 288 g/mol. The van der Waals surface area contributed by atoms with Gasteiger partial charge in [0.15, 0.2) is 5.82 Å². The van der Waals surface area contributed by atoms with Crippen molar-refractivity contribution in [2.75, 3.05) is 5.88 Å². The molecule has 0 N–H and O–H groups in total. The number of aryl methyl sites for hydroxylation is 1. The molecule has 0 aliphatic heterocycles. The fourth-order valence-electron chi connectivity index (χ4n) is 1.47. The van der Waals surface area contributed by atoms with Crippen LogP contribution in [0.4, 0.5) is 14.5 Å². The fraction of sp³-hybridized carbons (Fsp3) is 0.200. The van der Waals surface area contributed by atoms with Crippen LogP contribution in [0.15, 0.2) is 18.3 Å². The number of benzene rings is 1. The summed E-state index contributed by atoms with van der Waals surface area (Å²) in [5.41, 5.74) is -0.575. The summed E-state index contributed by atoms with van der Waals surface area (Å²) in [5.74, 6) is -1.90. The molecule has 100 valence electrons. The molecule has 2 rings (SSSR count). The molecule has 0 atom stereocenters. The highest BCUT2D eigenvalue weighted by Gasteiger charge is 2.20. The second-order valence-electron chi connectivity index (χ2n) is 3.61. The van der Waals surface area contributed by atoms with Crippen molar-refractivity contribution in [3.8, 4) is 5.69 Å². The van der Waals surface area contributed by atoms with Gasteiger partial charge in [-0.2, -0.15) is 4.39 Å². The maximum absolute atomic E-state index is 13.6. The zero-order chi connectivity index (χ0) is 14.0. The summed E-state index contributed by atoms with van der Waals surface area (Å²) >= 11 is 5.52. The van der Waals surface area contributed by atoms with E-state index in [2.05, 4.69) is 10.3 Å². The van der Waals surface area contributed by atoms with E-state index in [-0.39, 0.29) is 5.69 Å². The highest BCUT2D eigenvalue weighted by Crippen LogP contribution is 2.23. The Labute approximate surface area is 110 Å². The third-order valence-electron chi connectivity index (χ3n) is 2.35. The van der Waals surface area contributed by atoms with Crippen LogP contribution in [0, 0.1) is 21.7 Å². The molecule has 0 unspecified atom stereocenters. The van der Waals surface area contributed by atoms with Gasteiger partial charge in [-0.05, 0) is 0 Å². The number of alkyl halides is 1. The molecule has 0 saturated heterocycles. The fourth-order valence-corrected chi connectivity index (χ4v) is 1.66. The molecule has 19 heavy (non-hydrogen) atoms. The number of rotatable bonds is 4. The van der Waals surface area contributed by atoms with Crippen molar-refractivity contribution in [1.82, 2.24) is 15.0 Å². The number of aromatic nitrogens is 3. The molecule has 0 bridgehead atoms. The topological polar surface area (TPSA) is 73.8 Å². The summed E-state index contributed by atoms with van der Waals surface area (Å²) in [6, 6.07) is 1.21. The maximum atomic E-state index is 13.6. The van der Waals surface area contributed by atoms with Crippen LogP contribution in [0.25, 0.3) is 5.69 Å². The third kappa shape index (κ3) is 2.68. The van der Waals surface area contributed by atoms with E-state index in [1.807, 2.05) is 0 Å². The second-order valence-corrected chi connectivity index (χ2v) is 3.98. The maximum Gasteiger partial charge on any atom is 0.307 e. The van der Waals surface area contributed by atoms with Gasteiger partial charge in [0.25, 0.3) is 0 Å². The van der Waals surface area contributed by atoms with E-state index < -0.39 is 22.2 Å². The number of nitrogens with zero attached hydrogens (tertiary/aromatic N) is 4. The minimum Gasteiger partial charge on any atom is -0.258 e. The van der Waals surface area contributed by atoms with Gasteiger partial charge in [0, 0.05) is 24.4 Å². The zero-order valence-electron chi connectivity index (χ0n) is 9.39. The first-order chi connectivity index (χ1) is 9.02. The summed E-state index contributed by atoms with van der Waals surface area (Å²) < 4.78 is 27.8. The van der Waals surface area contributed by atoms with Crippen LogP contribution in [-0.2, 0) is 6.42 Å². The van der Waals surface area contributed by atoms with Gasteiger partial charge in [0.1, 0.15) is 5.69 Å². The summed E-state index contributed by atoms with van der Waals surface area (Å²) in [4.78, 5) is 9.67. The van der Waals surface area contributed by atoms with Crippen molar-refractivity contribution in [2.45, 2.75) is 6.42 Å². The quantitative estimate of drug-likeness (QED) is 0.491. The first kappa shape index (κ1) is 13.3. The third-order valence-corrected chi connectivity index (χ3v) is 2.54. The van der Waals surface area contributed by atoms with Crippen molar-refractivity contribution < 1.29 is 13.7 Å². The van der Waals surface area contributed by atoms with Crippen LogP contribution < -0.4 is 0 Å². The van der Waals surface area contributed by atoms with Gasteiger partial charge < -0.3 is 0 Å². The van der Waals surface area contributed by atoms with Gasteiger partial charge in [-0.1, -0.05) is 5.21 Å². The largest absolute Gasteiger partial charge is 0.307 e. The molecule has 0 spiro atoms. The Balaban J connectivity index is 2.48. The zero-order valence-corrected chi connectivity index (χ0v) is 10.1. The molecule has 2 aromatic rings. The Bertz CT molecular complexity index is 632. The SMILES string of the molecule is O=[N+]([O-])c1cc(-n2cc(CCCl)nn2)c(F)cc1F. The molecule has 1 aromatic carbocycles. The van der Waals surface area contributed by atoms with E-state index in [1.54, 1.807) is 0 Å². The average Bonchev–Trinajstić information content (AvgIpc) is 2.77. The Morgan fingerprint density at radius 1 is 1.37 bits per heavy atom. The Hall–Kier alpha value is -2.09. The van der Waals surface area contributed by atoms with Gasteiger partial charge in [0.2, 0.25) is 5.82 Å². The smallest absolute Gasteiger partial charge is 0.258 e. The number of hydrogen-bond acceptors (Lipinski definition) is 4. The van der Waals surface area contributed by atoms with Crippen molar-refractivity contribution in [3.63, 3.8) is 0 Å². The van der Waals surface area contributed by atoms with Crippen molar-refractivity contribution in [1.29, 1.82) is 0 Å². The van der Waals surface area contributed by atoms with E-state index in [0.717, 1.165) is 10.7 Å². The second kappa shape index (κ2) is 5.27. The van der Waals surface area contributed by atoms with E-state index in [1.165, 1.54) is 6.20 Å². The predicted octanol–water partition coefficient (Wildman–Crippen LogP) is 2.24. The molecule has 0 fully saturated rings. The summed E-state index contributed by atoms with van der Waals surface area (Å²) in [5, 5.41) is 17.9. The predicted molar refractivity (Wildman–Crippen MR) is 62.4 cm³/mol. The van der Waals surface area contributed by atoms with Gasteiger partial charge in [0.05, 0.1) is 16.8 Å². The molecule has 6 nitrogen and oxygen atoms in total. The van der Waals surface area contributed by atoms with Crippen LogP contribution in [0.3, 0.4) is 0 Å². The number of halogens is 3. The highest BCUT2D eigenvalue weighted by molar-refractivity contribution is 6.17. The van der Waals surface area contributed by atoms with Crippen molar-refractivity contribution in [3.05, 3.63) is 45.8 Å². The number of hydrogen-bond donors (Lipinski definition) is 0. The first-order valence-corrected chi connectivity index (χ1v) is 5.67.